The van der Waals surface area contributed by atoms with Gasteiger partial charge in [0.1, 0.15) is 24.2 Å². The molecule has 0 bridgehead atoms. The number of benzene rings is 5. The number of nitrogens with zero attached hydrogens (tertiary/aromatic N) is 3. The van der Waals surface area contributed by atoms with Crippen molar-refractivity contribution >= 4 is 76.5 Å². The van der Waals surface area contributed by atoms with E-state index in [1.807, 2.05) is 78.6 Å². The second-order valence-electron chi connectivity index (χ2n) is 22.6. The summed E-state index contributed by atoms with van der Waals surface area (Å²) in [7, 11) is -1.24. The van der Waals surface area contributed by atoms with Crippen LogP contribution in [-0.2, 0) is 82.3 Å². The summed E-state index contributed by atoms with van der Waals surface area (Å²) >= 11 is 0. The fourth-order valence-corrected chi connectivity index (χ4v) is 16.8. The van der Waals surface area contributed by atoms with E-state index in [2.05, 4.69) is 30.9 Å². The number of para-hydroxylation sites is 2. The molecule has 0 aliphatic carbocycles. The third-order valence-corrected chi connectivity index (χ3v) is 21.9. The Balaban J connectivity index is 1.02. The van der Waals surface area contributed by atoms with Gasteiger partial charge in [-0.05, 0) is 153 Å². The molecular weight excluding hydrogens is 1170 g/mol. The van der Waals surface area contributed by atoms with Crippen molar-refractivity contribution < 1.29 is 68.4 Å². The van der Waals surface area contributed by atoms with Crippen molar-refractivity contribution in [2.45, 2.75) is 108 Å². The molecule has 458 valence electrons. The van der Waals surface area contributed by atoms with Crippen molar-refractivity contribution in [2.24, 2.45) is 5.92 Å². The summed E-state index contributed by atoms with van der Waals surface area (Å²) in [4.78, 5) is 47.5. The van der Waals surface area contributed by atoms with Crippen LogP contribution in [-0.4, -0.2) is 140 Å². The second kappa shape index (κ2) is 28.0. The molecule has 18 nitrogen and oxygen atoms in total. The highest BCUT2D eigenvalue weighted by molar-refractivity contribution is 8.77. The molecule has 0 spiro atoms. The molecule has 0 fully saturated rings. The lowest BCUT2D eigenvalue weighted by Gasteiger charge is -2.34. The highest BCUT2D eigenvalue weighted by atomic mass is 33.1. The standard InChI is InChI=1S/C63H77N3O15S4/c1-8-56(67)60(85(73,74)77-7)19-26-82-83-63(3,4)40-64(20-21-78-24-25-79-23-22-75-5)50-29-42(37-80-57-34-44-17-18-49-32-45-13-9-11-15-53(45)65(49)61(68)51(44)27-41(57)2)28-43(30-50)38-81-59-35-47-31-48(39-84(70,71)72)55-33-46-14-10-12-16-54(46)66(55)62(69)52(47)36-58(59)76-6/h9-16,27-30,34-36,48-49,55,60H,8,17-26,31-33,37-40H2,1-7H3,(H,70,71,72)/t48?,49-,55+,60?/m1/s1. The minimum atomic E-state index is -4.44. The van der Waals surface area contributed by atoms with E-state index in [0.29, 0.717) is 104 Å². The molecule has 5 aromatic rings. The summed E-state index contributed by atoms with van der Waals surface area (Å²) < 4.78 is 102. The zero-order valence-electron chi connectivity index (χ0n) is 49.3. The van der Waals surface area contributed by atoms with Gasteiger partial charge < -0.3 is 43.1 Å². The van der Waals surface area contributed by atoms with E-state index >= 15 is 0 Å². The lowest BCUT2D eigenvalue weighted by atomic mass is 9.91. The zero-order chi connectivity index (χ0) is 60.6. The summed E-state index contributed by atoms with van der Waals surface area (Å²) in [5.74, 6) is -0.205. The number of Topliss-reactive ketones (excluding diaryl/α,β-unsaturated/α-hetero) is 1. The maximum absolute atomic E-state index is 14.6. The van der Waals surface area contributed by atoms with Crippen molar-refractivity contribution in [1.29, 1.82) is 0 Å². The molecule has 85 heavy (non-hydrogen) atoms. The number of aryl methyl sites for hydroxylation is 2. The molecule has 0 saturated heterocycles. The van der Waals surface area contributed by atoms with Gasteiger partial charge in [0.15, 0.2) is 17.3 Å². The van der Waals surface area contributed by atoms with Crippen LogP contribution in [0.4, 0.5) is 17.1 Å². The number of amides is 2. The number of carbonyl (C=O) groups excluding carboxylic acids is 3. The Bertz CT molecular complexity index is 3470. The zero-order valence-corrected chi connectivity index (χ0v) is 52.6. The molecule has 2 unspecified atom stereocenters. The molecule has 4 heterocycles. The quantitative estimate of drug-likeness (QED) is 0.0196. The molecule has 0 aromatic heterocycles. The van der Waals surface area contributed by atoms with E-state index in [0.717, 1.165) is 59.1 Å². The van der Waals surface area contributed by atoms with Gasteiger partial charge in [0, 0.05) is 83.3 Å². The Morgan fingerprint density at radius 1 is 0.741 bits per heavy atom. The number of ether oxygens (including phenoxy) is 6. The van der Waals surface area contributed by atoms with E-state index < -0.39 is 53.7 Å². The topological polar surface area (TPSA) is 214 Å². The Hall–Kier alpha value is -5.69. The van der Waals surface area contributed by atoms with Gasteiger partial charge >= 0.3 is 0 Å². The lowest BCUT2D eigenvalue weighted by molar-refractivity contribution is -0.118. The number of carbonyl (C=O) groups is 3. The third-order valence-electron chi connectivity index (χ3n) is 16.1. The summed E-state index contributed by atoms with van der Waals surface area (Å²) in [6, 6.07) is 28.7. The van der Waals surface area contributed by atoms with Crippen molar-refractivity contribution in [3.8, 4) is 17.2 Å². The van der Waals surface area contributed by atoms with Gasteiger partial charge in [0.05, 0.1) is 53.0 Å². The number of hydrogen-bond acceptors (Lipinski definition) is 17. The molecule has 5 aromatic carbocycles. The number of hydrogen-bond donors (Lipinski definition) is 1. The van der Waals surface area contributed by atoms with Crippen LogP contribution in [0.1, 0.15) is 99.7 Å². The van der Waals surface area contributed by atoms with E-state index in [-0.39, 0.29) is 50.3 Å². The molecule has 1 N–H and O–H groups in total. The molecule has 4 atom stereocenters. The average molecular weight is 1240 g/mol. The Morgan fingerprint density at radius 3 is 2.04 bits per heavy atom. The van der Waals surface area contributed by atoms with E-state index in [1.165, 1.54) is 23.5 Å². The van der Waals surface area contributed by atoms with Crippen LogP contribution in [0.3, 0.4) is 0 Å². The molecule has 22 heteroatoms. The SMILES string of the molecule is CCC(=O)C(CCSSC(C)(C)CN(CCOCCOCCOC)c1cc(COc2cc3c(cc2C)C(=O)N2c4ccccc4C[C@H]2CC3)cc(COc2cc3c(cc2OC)C(=O)N2c4ccccc4C[C@H]2C(CS(=O)(=O)O)C3)c1)S(=O)(=O)OC. The number of rotatable bonds is 30. The fourth-order valence-electron chi connectivity index (χ4n) is 12.0. The molecule has 9 rings (SSSR count). The maximum Gasteiger partial charge on any atom is 0.277 e. The van der Waals surface area contributed by atoms with E-state index in [4.69, 9.17) is 32.6 Å². The van der Waals surface area contributed by atoms with Gasteiger partial charge in [-0.3, -0.25) is 23.1 Å². The van der Waals surface area contributed by atoms with Gasteiger partial charge in [0.25, 0.3) is 32.1 Å². The van der Waals surface area contributed by atoms with Crippen molar-refractivity contribution in [2.75, 3.05) is 93.7 Å². The Kier molecular flexibility index (Phi) is 21.0. The summed E-state index contributed by atoms with van der Waals surface area (Å²) in [5, 5.41) is -1.25. The first-order chi connectivity index (χ1) is 40.7. The van der Waals surface area contributed by atoms with E-state index in [1.54, 1.807) is 41.9 Å². The van der Waals surface area contributed by atoms with Crippen LogP contribution in [0.5, 0.6) is 17.2 Å². The molecular formula is C63H77N3O15S4. The van der Waals surface area contributed by atoms with Gasteiger partial charge in [-0.1, -0.05) is 64.9 Å². The molecule has 0 saturated carbocycles. The highest BCUT2D eigenvalue weighted by Gasteiger charge is 2.44. The normalized spacial score (nSPS) is 17.7. The number of fused-ring (bicyclic) bond motifs is 8. The minimum absolute atomic E-state index is 0.00630. The van der Waals surface area contributed by atoms with Crippen molar-refractivity contribution in [3.63, 3.8) is 0 Å². The van der Waals surface area contributed by atoms with Crippen molar-refractivity contribution in [3.05, 3.63) is 141 Å². The van der Waals surface area contributed by atoms with E-state index in [9.17, 15) is 35.8 Å². The first-order valence-electron chi connectivity index (χ1n) is 28.7. The monoisotopic (exact) mass is 1240 g/mol. The number of methoxy groups -OCH3 is 2. The minimum Gasteiger partial charge on any atom is -0.493 e. The van der Waals surface area contributed by atoms with Crippen LogP contribution < -0.4 is 28.9 Å². The summed E-state index contributed by atoms with van der Waals surface area (Å²) in [6.07, 6.45) is 3.12. The highest BCUT2D eigenvalue weighted by Crippen LogP contribution is 2.45. The van der Waals surface area contributed by atoms with Crippen LogP contribution >= 0.6 is 21.6 Å². The molecule has 2 amide bonds. The predicted molar refractivity (Wildman–Crippen MR) is 332 cm³/mol. The van der Waals surface area contributed by atoms with Crippen LogP contribution in [0.25, 0.3) is 0 Å². The van der Waals surface area contributed by atoms with Gasteiger partial charge in [0.2, 0.25) is 0 Å². The van der Waals surface area contributed by atoms with Gasteiger partial charge in [-0.15, -0.1) is 0 Å². The van der Waals surface area contributed by atoms with Crippen molar-refractivity contribution in [1.82, 2.24) is 0 Å². The molecule has 4 aliphatic rings. The average Bonchev–Trinajstić information content (AvgIpc) is 2.16. The van der Waals surface area contributed by atoms with Gasteiger partial charge in [-0.2, -0.15) is 16.8 Å². The summed E-state index contributed by atoms with van der Waals surface area (Å²) in [6.45, 7) is 10.9. The Morgan fingerprint density at radius 2 is 1.36 bits per heavy atom. The predicted octanol–water partition coefficient (Wildman–Crippen LogP) is 9.67. The van der Waals surface area contributed by atoms with Crippen LogP contribution in [0.2, 0.25) is 0 Å². The first-order valence-corrected chi connectivity index (χ1v) is 34.1. The molecule has 4 aliphatic heterocycles. The fraction of sp³-hybridized carbons (Fsp3) is 0.476. The largest absolute Gasteiger partial charge is 0.493 e. The van der Waals surface area contributed by atoms with Crippen LogP contribution in [0, 0.1) is 12.8 Å². The number of anilines is 3. The lowest BCUT2D eigenvalue weighted by Crippen LogP contribution is -2.43. The number of ketones is 1. The van der Waals surface area contributed by atoms with Gasteiger partial charge in [-0.25, -0.2) is 0 Å². The summed E-state index contributed by atoms with van der Waals surface area (Å²) in [5.41, 5.74) is 9.53. The Labute approximate surface area is 507 Å². The third kappa shape index (κ3) is 15.4. The molecule has 0 radical (unpaired) electrons. The maximum atomic E-state index is 14.6. The second-order valence-corrected chi connectivity index (χ2v) is 29.1. The first kappa shape index (κ1) is 63.8. The van der Waals surface area contributed by atoms with Crippen LogP contribution in [0.15, 0.2) is 91.0 Å². The smallest absolute Gasteiger partial charge is 0.277 e.